The van der Waals surface area contributed by atoms with E-state index in [9.17, 15) is 13.6 Å². The van der Waals surface area contributed by atoms with Gasteiger partial charge in [0.15, 0.2) is 0 Å². The summed E-state index contributed by atoms with van der Waals surface area (Å²) in [5, 5.41) is 2.24. The lowest BCUT2D eigenvalue weighted by Crippen LogP contribution is -2.41. The lowest BCUT2D eigenvalue weighted by molar-refractivity contribution is -0.123. The monoisotopic (exact) mass is 298 g/mol. The van der Waals surface area contributed by atoms with Crippen molar-refractivity contribution >= 4 is 18.3 Å². The minimum Gasteiger partial charge on any atom is -0.350 e. The quantitative estimate of drug-likeness (QED) is 0.759. The van der Waals surface area contributed by atoms with E-state index in [1.165, 1.54) is 32.1 Å². The van der Waals surface area contributed by atoms with E-state index >= 15 is 0 Å². The van der Waals surface area contributed by atoms with E-state index in [2.05, 4.69) is 5.32 Å². The van der Waals surface area contributed by atoms with Gasteiger partial charge in [-0.05, 0) is 18.8 Å². The molecule has 0 radical (unpaired) electrons. The van der Waals surface area contributed by atoms with Crippen molar-refractivity contribution in [2.45, 2.75) is 57.3 Å². The Morgan fingerprint density at radius 1 is 1.26 bits per heavy atom. The van der Waals surface area contributed by atoms with Crippen LogP contribution in [0, 0.1) is 5.92 Å². The highest BCUT2D eigenvalue weighted by Crippen LogP contribution is 2.27. The molecule has 3 nitrogen and oxygen atoms in total. The predicted molar refractivity (Wildman–Crippen MR) is 74.7 cm³/mol. The Balaban J connectivity index is 0.00000324. The third kappa shape index (κ3) is 8.37. The zero-order chi connectivity index (χ0) is 13.4. The number of halogens is 3. The van der Waals surface area contributed by atoms with Crippen LogP contribution in [0.15, 0.2) is 0 Å². The zero-order valence-corrected chi connectivity index (χ0v) is 12.1. The molecule has 0 spiro atoms. The number of nitrogens with two attached hydrogens (primary N) is 1. The molecule has 0 aromatic heterocycles. The van der Waals surface area contributed by atoms with Crippen LogP contribution >= 0.6 is 12.4 Å². The number of amides is 1. The summed E-state index contributed by atoms with van der Waals surface area (Å²) in [6.45, 7) is -1.37. The van der Waals surface area contributed by atoms with Crippen LogP contribution in [0.4, 0.5) is 8.78 Å². The van der Waals surface area contributed by atoms with Gasteiger partial charge in [-0.25, -0.2) is 8.78 Å². The van der Waals surface area contributed by atoms with Gasteiger partial charge in [0.1, 0.15) is 0 Å². The Morgan fingerprint density at radius 3 is 2.47 bits per heavy atom. The molecular formula is C13H25ClF2N2O. The summed E-state index contributed by atoms with van der Waals surface area (Å²) in [4.78, 5) is 11.4. The van der Waals surface area contributed by atoms with Crippen LogP contribution in [-0.2, 0) is 4.79 Å². The van der Waals surface area contributed by atoms with Crippen molar-refractivity contribution in [3.05, 3.63) is 0 Å². The van der Waals surface area contributed by atoms with Gasteiger partial charge in [-0.15, -0.1) is 12.4 Å². The fraction of sp³-hybridized carbons (Fsp3) is 0.923. The van der Waals surface area contributed by atoms with E-state index in [4.69, 9.17) is 5.73 Å². The summed E-state index contributed by atoms with van der Waals surface area (Å²) in [6.07, 6.45) is 8.60. The first-order valence-electron chi connectivity index (χ1n) is 6.88. The molecule has 0 heterocycles. The third-order valence-electron chi connectivity index (χ3n) is 3.58. The van der Waals surface area contributed by atoms with Gasteiger partial charge in [0.2, 0.25) is 5.91 Å². The standard InChI is InChI=1S/C13H24F2N2O.ClH/c14-13(15,9-16)10-17-12(18)8-4-7-11-5-2-1-3-6-11;/h11H,1-10,16H2,(H,17,18);1H. The summed E-state index contributed by atoms with van der Waals surface area (Å²) >= 11 is 0. The second-order valence-electron chi connectivity index (χ2n) is 5.23. The molecule has 1 saturated carbocycles. The molecule has 114 valence electrons. The Morgan fingerprint density at radius 2 is 1.89 bits per heavy atom. The van der Waals surface area contributed by atoms with Crippen LogP contribution < -0.4 is 11.1 Å². The fourth-order valence-electron chi connectivity index (χ4n) is 2.42. The highest BCUT2D eigenvalue weighted by Gasteiger charge is 2.27. The van der Waals surface area contributed by atoms with E-state index in [-0.39, 0.29) is 18.3 Å². The van der Waals surface area contributed by atoms with Crippen molar-refractivity contribution in [1.29, 1.82) is 0 Å². The van der Waals surface area contributed by atoms with Crippen LogP contribution in [0.25, 0.3) is 0 Å². The lowest BCUT2D eigenvalue weighted by Gasteiger charge is -2.21. The molecule has 1 rings (SSSR count). The number of carbonyl (C=O) groups is 1. The van der Waals surface area contributed by atoms with Crippen LogP contribution in [0.5, 0.6) is 0 Å². The number of hydrogen-bond acceptors (Lipinski definition) is 2. The molecule has 1 amide bonds. The number of carbonyl (C=O) groups excluding carboxylic acids is 1. The van der Waals surface area contributed by atoms with Gasteiger partial charge in [0.05, 0.1) is 13.1 Å². The average Bonchev–Trinajstić information content (AvgIpc) is 2.38. The Labute approximate surface area is 120 Å². The highest BCUT2D eigenvalue weighted by molar-refractivity contribution is 5.85. The van der Waals surface area contributed by atoms with Crippen LogP contribution in [0.2, 0.25) is 0 Å². The summed E-state index contributed by atoms with van der Waals surface area (Å²) in [6, 6.07) is 0. The van der Waals surface area contributed by atoms with Crippen molar-refractivity contribution in [1.82, 2.24) is 5.32 Å². The van der Waals surface area contributed by atoms with Crippen molar-refractivity contribution in [2.75, 3.05) is 13.1 Å². The smallest absolute Gasteiger partial charge is 0.277 e. The van der Waals surface area contributed by atoms with Gasteiger partial charge in [0, 0.05) is 6.42 Å². The summed E-state index contributed by atoms with van der Waals surface area (Å²) in [5.41, 5.74) is 4.89. The maximum Gasteiger partial charge on any atom is 0.277 e. The van der Waals surface area contributed by atoms with E-state index < -0.39 is 19.0 Å². The van der Waals surface area contributed by atoms with Gasteiger partial charge < -0.3 is 11.1 Å². The molecule has 1 aliphatic carbocycles. The normalized spacial score (nSPS) is 16.8. The van der Waals surface area contributed by atoms with E-state index in [0.29, 0.717) is 6.42 Å². The Bertz CT molecular complexity index is 259. The minimum absolute atomic E-state index is 0. The Hall–Kier alpha value is -0.420. The van der Waals surface area contributed by atoms with E-state index in [1.807, 2.05) is 0 Å². The van der Waals surface area contributed by atoms with Gasteiger partial charge in [0.25, 0.3) is 5.92 Å². The molecule has 0 unspecified atom stereocenters. The number of nitrogens with one attached hydrogen (secondary N) is 1. The van der Waals surface area contributed by atoms with Crippen LogP contribution in [-0.4, -0.2) is 24.9 Å². The van der Waals surface area contributed by atoms with Crippen molar-refractivity contribution in [3.63, 3.8) is 0 Å². The first kappa shape index (κ1) is 18.6. The molecular weight excluding hydrogens is 274 g/mol. The molecule has 6 heteroatoms. The summed E-state index contributed by atoms with van der Waals surface area (Å²) in [5.74, 6) is -2.55. The number of alkyl halides is 2. The second-order valence-corrected chi connectivity index (χ2v) is 5.23. The van der Waals surface area contributed by atoms with Crippen LogP contribution in [0.3, 0.4) is 0 Å². The first-order valence-corrected chi connectivity index (χ1v) is 6.88. The lowest BCUT2D eigenvalue weighted by atomic mass is 9.86. The molecule has 19 heavy (non-hydrogen) atoms. The highest BCUT2D eigenvalue weighted by atomic mass is 35.5. The maximum atomic E-state index is 12.8. The van der Waals surface area contributed by atoms with Gasteiger partial charge in [-0.1, -0.05) is 32.1 Å². The zero-order valence-electron chi connectivity index (χ0n) is 11.3. The molecule has 0 aromatic rings. The second kappa shape index (κ2) is 9.48. The molecule has 0 aromatic carbocycles. The van der Waals surface area contributed by atoms with Crippen molar-refractivity contribution < 1.29 is 13.6 Å². The van der Waals surface area contributed by atoms with Gasteiger partial charge >= 0.3 is 0 Å². The topological polar surface area (TPSA) is 55.1 Å². The fourth-order valence-corrected chi connectivity index (χ4v) is 2.42. The molecule has 1 fully saturated rings. The third-order valence-corrected chi connectivity index (χ3v) is 3.58. The summed E-state index contributed by atoms with van der Waals surface area (Å²) < 4.78 is 25.6. The SMILES string of the molecule is Cl.NCC(F)(F)CNC(=O)CCCC1CCCCC1. The van der Waals surface area contributed by atoms with E-state index in [1.54, 1.807) is 0 Å². The molecule has 0 atom stereocenters. The molecule has 3 N–H and O–H groups in total. The number of hydrogen-bond donors (Lipinski definition) is 2. The molecule has 0 bridgehead atoms. The van der Waals surface area contributed by atoms with E-state index in [0.717, 1.165) is 18.8 Å². The molecule has 0 saturated heterocycles. The molecule has 0 aliphatic heterocycles. The maximum absolute atomic E-state index is 12.8. The predicted octanol–water partition coefficient (Wildman–Crippen LogP) is 2.87. The van der Waals surface area contributed by atoms with Gasteiger partial charge in [-0.2, -0.15) is 0 Å². The minimum atomic E-state index is -2.99. The van der Waals surface area contributed by atoms with Crippen LogP contribution in [0.1, 0.15) is 51.4 Å². The molecule has 1 aliphatic rings. The Kier molecular flexibility index (Phi) is 9.27. The first-order chi connectivity index (χ1) is 8.53. The average molecular weight is 299 g/mol. The largest absolute Gasteiger partial charge is 0.350 e. The van der Waals surface area contributed by atoms with Crippen molar-refractivity contribution in [3.8, 4) is 0 Å². The van der Waals surface area contributed by atoms with Gasteiger partial charge in [-0.3, -0.25) is 4.79 Å². The summed E-state index contributed by atoms with van der Waals surface area (Å²) in [7, 11) is 0. The number of rotatable bonds is 7. The van der Waals surface area contributed by atoms with Crippen molar-refractivity contribution in [2.24, 2.45) is 11.7 Å².